The fraction of sp³-hybridized carbons (Fsp3) is 0.184. The number of anilines is 4. The molecule has 0 atom stereocenters. The molecule has 0 unspecified atom stereocenters. The quantitative estimate of drug-likeness (QED) is 0.115. The lowest BCUT2D eigenvalue weighted by Gasteiger charge is -2.30. The van der Waals surface area contributed by atoms with E-state index in [1.165, 1.54) is 38.5 Å². The number of para-hydroxylation sites is 2. The number of nitrogens with zero attached hydrogens (tertiary/aromatic N) is 3. The summed E-state index contributed by atoms with van der Waals surface area (Å²) in [6, 6.07) is 42.1. The summed E-state index contributed by atoms with van der Waals surface area (Å²) in [7, 11) is 2.02. The van der Waals surface area contributed by atoms with Crippen LogP contribution in [0.15, 0.2) is 158 Å². The third-order valence-corrected chi connectivity index (χ3v) is 9.73. The summed E-state index contributed by atoms with van der Waals surface area (Å²) in [6.07, 6.45) is 18.3. The molecule has 268 valence electrons. The monoisotopic (exact) mass is 696 g/mol. The Balaban J connectivity index is 1.46. The SMILES string of the molecule is C/C=C\C=C(/c1ccc2c(c1)c1ccccc1n2C(/C=C\C)=C/C)N(CCNC)c1ccc(N(c2ccccc2)c2ccc(CC)c(/C=C\C)c2)cc1. The van der Waals surface area contributed by atoms with Gasteiger partial charge in [0.05, 0.1) is 11.0 Å². The van der Waals surface area contributed by atoms with E-state index in [-0.39, 0.29) is 0 Å². The van der Waals surface area contributed by atoms with Crippen molar-refractivity contribution in [1.82, 2.24) is 9.88 Å². The Kier molecular flexibility index (Phi) is 12.3. The lowest BCUT2D eigenvalue weighted by atomic mass is 10.0. The Bertz CT molecular complexity index is 2300. The average Bonchev–Trinajstić information content (AvgIpc) is 3.53. The molecule has 1 heterocycles. The molecule has 4 heteroatoms. The number of fused-ring (bicyclic) bond motifs is 3. The van der Waals surface area contributed by atoms with Crippen LogP contribution in [0.25, 0.3) is 39.3 Å². The van der Waals surface area contributed by atoms with E-state index < -0.39 is 0 Å². The van der Waals surface area contributed by atoms with Gasteiger partial charge in [0.15, 0.2) is 0 Å². The van der Waals surface area contributed by atoms with Gasteiger partial charge in [-0.25, -0.2) is 0 Å². The summed E-state index contributed by atoms with van der Waals surface area (Å²) in [5.41, 5.74) is 13.0. The lowest BCUT2D eigenvalue weighted by Crippen LogP contribution is -2.29. The zero-order valence-electron chi connectivity index (χ0n) is 32.1. The first-order valence-electron chi connectivity index (χ1n) is 18.9. The number of benzene rings is 5. The molecule has 0 saturated carbocycles. The summed E-state index contributed by atoms with van der Waals surface area (Å²) in [5.74, 6) is 0. The Morgan fingerprint density at radius 2 is 1.38 bits per heavy atom. The minimum absolute atomic E-state index is 0.802. The first-order chi connectivity index (χ1) is 26.1. The van der Waals surface area contributed by atoms with E-state index in [1.807, 2.05) is 7.05 Å². The summed E-state index contributed by atoms with van der Waals surface area (Å²) in [4.78, 5) is 4.78. The van der Waals surface area contributed by atoms with E-state index in [0.29, 0.717) is 0 Å². The summed E-state index contributed by atoms with van der Waals surface area (Å²) in [5, 5.41) is 5.88. The third kappa shape index (κ3) is 7.84. The van der Waals surface area contributed by atoms with Crippen LogP contribution in [0.2, 0.25) is 0 Å². The fourth-order valence-corrected chi connectivity index (χ4v) is 7.21. The van der Waals surface area contributed by atoms with Gasteiger partial charge in [0.1, 0.15) is 0 Å². The molecule has 6 aromatic rings. The molecular weight excluding hydrogens is 645 g/mol. The molecule has 1 aromatic heterocycles. The van der Waals surface area contributed by atoms with Crippen LogP contribution in [0.3, 0.4) is 0 Å². The van der Waals surface area contributed by atoms with Crippen LogP contribution in [-0.2, 0) is 6.42 Å². The lowest BCUT2D eigenvalue weighted by molar-refractivity contribution is 0.786. The summed E-state index contributed by atoms with van der Waals surface area (Å²) in [6.45, 7) is 12.2. The zero-order chi connectivity index (χ0) is 37.2. The molecule has 6 rings (SSSR count). The van der Waals surface area contributed by atoms with Crippen molar-refractivity contribution in [2.45, 2.75) is 41.0 Å². The van der Waals surface area contributed by atoms with E-state index in [2.05, 4.69) is 218 Å². The van der Waals surface area contributed by atoms with Gasteiger partial charge in [0.2, 0.25) is 0 Å². The van der Waals surface area contributed by atoms with Gasteiger partial charge >= 0.3 is 0 Å². The zero-order valence-corrected chi connectivity index (χ0v) is 32.1. The summed E-state index contributed by atoms with van der Waals surface area (Å²) >= 11 is 0. The molecular formula is C49H52N4. The van der Waals surface area contributed by atoms with E-state index in [1.54, 1.807) is 0 Å². The van der Waals surface area contributed by atoms with Crippen LogP contribution < -0.4 is 15.1 Å². The average molecular weight is 697 g/mol. The van der Waals surface area contributed by atoms with Crippen molar-refractivity contribution < 1.29 is 0 Å². The van der Waals surface area contributed by atoms with Crippen LogP contribution in [0, 0.1) is 0 Å². The normalized spacial score (nSPS) is 12.6. The van der Waals surface area contributed by atoms with E-state index >= 15 is 0 Å². The molecule has 53 heavy (non-hydrogen) atoms. The van der Waals surface area contributed by atoms with Gasteiger partial charge in [-0.15, -0.1) is 0 Å². The van der Waals surface area contributed by atoms with Crippen LogP contribution in [0.1, 0.15) is 51.3 Å². The first-order valence-corrected chi connectivity index (χ1v) is 18.9. The van der Waals surface area contributed by atoms with Gasteiger partial charge in [0.25, 0.3) is 0 Å². The van der Waals surface area contributed by atoms with E-state index in [0.717, 1.165) is 53.7 Å². The highest BCUT2D eigenvalue weighted by Gasteiger charge is 2.19. The van der Waals surface area contributed by atoms with Gasteiger partial charge < -0.3 is 19.7 Å². The number of hydrogen-bond acceptors (Lipinski definition) is 3. The molecule has 0 amide bonds. The van der Waals surface area contributed by atoms with Gasteiger partial charge in [0, 0.05) is 58.0 Å². The van der Waals surface area contributed by atoms with Gasteiger partial charge in [-0.3, -0.25) is 0 Å². The molecule has 0 fully saturated rings. The largest absolute Gasteiger partial charge is 0.340 e. The predicted octanol–water partition coefficient (Wildman–Crippen LogP) is 12.9. The Labute approximate surface area is 316 Å². The van der Waals surface area contributed by atoms with Crippen molar-refractivity contribution in [3.8, 4) is 0 Å². The molecule has 5 aromatic carbocycles. The molecule has 4 nitrogen and oxygen atoms in total. The van der Waals surface area contributed by atoms with Crippen LogP contribution in [-0.4, -0.2) is 24.7 Å². The van der Waals surface area contributed by atoms with Crippen molar-refractivity contribution in [2.75, 3.05) is 29.9 Å². The van der Waals surface area contributed by atoms with E-state index in [9.17, 15) is 0 Å². The second kappa shape index (κ2) is 17.6. The molecule has 0 aliphatic rings. The van der Waals surface area contributed by atoms with Crippen molar-refractivity contribution in [2.24, 2.45) is 0 Å². The highest BCUT2D eigenvalue weighted by atomic mass is 15.2. The van der Waals surface area contributed by atoms with Crippen LogP contribution in [0.4, 0.5) is 22.7 Å². The maximum Gasteiger partial charge on any atom is 0.0541 e. The highest BCUT2D eigenvalue weighted by molar-refractivity contribution is 6.11. The molecule has 0 aliphatic carbocycles. The van der Waals surface area contributed by atoms with Crippen molar-refractivity contribution in [3.63, 3.8) is 0 Å². The van der Waals surface area contributed by atoms with Crippen molar-refractivity contribution in [1.29, 1.82) is 0 Å². The molecule has 0 aliphatic heterocycles. The van der Waals surface area contributed by atoms with Crippen LogP contribution >= 0.6 is 0 Å². The van der Waals surface area contributed by atoms with E-state index in [4.69, 9.17) is 0 Å². The highest BCUT2D eigenvalue weighted by Crippen LogP contribution is 2.39. The number of rotatable bonds is 14. The molecule has 0 spiro atoms. The third-order valence-electron chi connectivity index (χ3n) is 9.73. The maximum atomic E-state index is 3.40. The molecule has 1 N–H and O–H groups in total. The Hall–Kier alpha value is -5.84. The molecule has 0 saturated heterocycles. The molecule has 0 bridgehead atoms. The standard InChI is InChI=1S/C49H52N4/c1-7-12-23-47(39-26-32-49-46(36-39)45-22-16-17-24-48(45)53(49)40(11-5)19-9-3)51(34-33-50-6)41-28-30-43(31-29-41)52(42-20-14-13-15-21-42)44-27-25-37(10-4)38(35-44)18-8-2/h7-9,11-32,35-36,50H,10,33-34H2,1-6H3/b12-7-,18-8-,19-9-,40-11+,47-23+. The van der Waals surface area contributed by atoms with Gasteiger partial charge in [-0.2, -0.15) is 0 Å². The number of allylic oxidation sites excluding steroid dienone is 8. The first kappa shape index (κ1) is 36.9. The second-order valence-corrected chi connectivity index (χ2v) is 13.1. The van der Waals surface area contributed by atoms with Crippen LogP contribution in [0.5, 0.6) is 0 Å². The molecule has 0 radical (unpaired) electrons. The fourth-order valence-electron chi connectivity index (χ4n) is 7.21. The number of aromatic nitrogens is 1. The Morgan fingerprint density at radius 3 is 2.08 bits per heavy atom. The number of aryl methyl sites for hydroxylation is 1. The Morgan fingerprint density at radius 1 is 0.679 bits per heavy atom. The number of likely N-dealkylation sites (N-methyl/N-ethyl adjacent to an activating group) is 1. The maximum absolute atomic E-state index is 3.40. The summed E-state index contributed by atoms with van der Waals surface area (Å²) < 4.78 is 2.37. The topological polar surface area (TPSA) is 23.4 Å². The minimum Gasteiger partial charge on any atom is -0.340 e. The van der Waals surface area contributed by atoms with Gasteiger partial charge in [-0.05, 0) is 137 Å². The minimum atomic E-state index is 0.802. The number of hydrogen-bond donors (Lipinski definition) is 1. The van der Waals surface area contributed by atoms with Crippen molar-refractivity contribution >= 4 is 62.0 Å². The second-order valence-electron chi connectivity index (χ2n) is 13.1. The smallest absolute Gasteiger partial charge is 0.0541 e. The predicted molar refractivity (Wildman–Crippen MR) is 233 cm³/mol. The van der Waals surface area contributed by atoms with Gasteiger partial charge in [-0.1, -0.05) is 91.9 Å². The number of nitrogens with one attached hydrogen (secondary N) is 1. The van der Waals surface area contributed by atoms with Crippen molar-refractivity contribution in [3.05, 3.63) is 174 Å².